The van der Waals surface area contributed by atoms with Crippen LogP contribution in [0.25, 0.3) is 11.4 Å². The molecule has 1 N–H and O–H groups in total. The van der Waals surface area contributed by atoms with Gasteiger partial charge < -0.3 is 14.8 Å². The molecule has 0 spiro atoms. The first-order valence-electron chi connectivity index (χ1n) is 11.4. The lowest BCUT2D eigenvalue weighted by molar-refractivity contribution is -0.115. The van der Waals surface area contributed by atoms with Crippen LogP contribution in [0.15, 0.2) is 78.0 Å². The largest absolute Gasteiger partial charge is 0.495 e. The van der Waals surface area contributed by atoms with Gasteiger partial charge in [0.05, 0.1) is 25.9 Å². The van der Waals surface area contributed by atoms with Crippen molar-refractivity contribution in [3.8, 4) is 17.1 Å². The van der Waals surface area contributed by atoms with Gasteiger partial charge in [-0.25, -0.2) is 0 Å². The lowest BCUT2D eigenvalue weighted by Crippen LogP contribution is -2.20. The number of anilines is 1. The number of methoxy groups -OCH3 is 2. The van der Waals surface area contributed by atoms with E-state index in [1.807, 2.05) is 84.3 Å². The second kappa shape index (κ2) is 12.1. The van der Waals surface area contributed by atoms with Crippen LogP contribution in [0.1, 0.15) is 16.4 Å². The first-order valence-corrected chi connectivity index (χ1v) is 12.6. The SMILES string of the molecule is COCCn1c(S[C@@H](C(=O)Nc2cc(C)ccc2OC)c2ccccc2)nnc1-c1ccc(Cl)cc1. The van der Waals surface area contributed by atoms with E-state index >= 15 is 0 Å². The maximum atomic E-state index is 13.7. The summed E-state index contributed by atoms with van der Waals surface area (Å²) in [6.07, 6.45) is 0. The van der Waals surface area contributed by atoms with E-state index in [9.17, 15) is 4.79 Å². The molecule has 4 rings (SSSR count). The molecule has 0 aliphatic heterocycles. The molecule has 4 aromatic rings. The molecule has 9 heteroatoms. The molecular formula is C27H27ClN4O3S. The highest BCUT2D eigenvalue weighted by atomic mass is 35.5. The zero-order chi connectivity index (χ0) is 25.5. The van der Waals surface area contributed by atoms with E-state index in [0.717, 1.165) is 16.7 Å². The highest BCUT2D eigenvalue weighted by molar-refractivity contribution is 8.00. The summed E-state index contributed by atoms with van der Waals surface area (Å²) in [7, 11) is 3.23. The monoisotopic (exact) mass is 522 g/mol. The van der Waals surface area contributed by atoms with Gasteiger partial charge in [0.15, 0.2) is 11.0 Å². The van der Waals surface area contributed by atoms with Crippen LogP contribution in [-0.4, -0.2) is 41.5 Å². The number of thioether (sulfide) groups is 1. The van der Waals surface area contributed by atoms with Crippen molar-refractivity contribution in [2.45, 2.75) is 23.9 Å². The fourth-order valence-electron chi connectivity index (χ4n) is 3.70. The van der Waals surface area contributed by atoms with Crippen LogP contribution < -0.4 is 10.1 Å². The maximum absolute atomic E-state index is 13.7. The first-order chi connectivity index (χ1) is 17.5. The molecule has 1 amide bonds. The Bertz CT molecular complexity index is 1310. The van der Waals surface area contributed by atoms with Gasteiger partial charge in [0.25, 0.3) is 0 Å². The lowest BCUT2D eigenvalue weighted by Gasteiger charge is -2.19. The second-order valence-corrected chi connectivity index (χ2v) is 9.57. The van der Waals surface area contributed by atoms with Gasteiger partial charge in [-0.3, -0.25) is 9.36 Å². The number of ether oxygens (including phenoxy) is 2. The number of nitrogens with one attached hydrogen (secondary N) is 1. The number of amides is 1. The quantitative estimate of drug-likeness (QED) is 0.256. The van der Waals surface area contributed by atoms with Gasteiger partial charge in [0.1, 0.15) is 11.0 Å². The molecule has 0 saturated carbocycles. The minimum Gasteiger partial charge on any atom is -0.495 e. The first kappa shape index (κ1) is 25.8. The number of rotatable bonds is 10. The topological polar surface area (TPSA) is 78.3 Å². The second-order valence-electron chi connectivity index (χ2n) is 8.06. The Labute approximate surface area is 219 Å². The zero-order valence-corrected chi connectivity index (χ0v) is 21.8. The van der Waals surface area contributed by atoms with Gasteiger partial charge in [0.2, 0.25) is 5.91 Å². The molecule has 0 radical (unpaired) electrons. The molecule has 186 valence electrons. The molecule has 0 saturated heterocycles. The van der Waals surface area contributed by atoms with Gasteiger partial charge in [0, 0.05) is 17.7 Å². The van der Waals surface area contributed by atoms with Crippen molar-refractivity contribution in [2.75, 3.05) is 26.1 Å². The van der Waals surface area contributed by atoms with Crippen LogP contribution in [0.2, 0.25) is 5.02 Å². The van der Waals surface area contributed by atoms with Crippen LogP contribution in [-0.2, 0) is 16.1 Å². The van der Waals surface area contributed by atoms with E-state index in [-0.39, 0.29) is 5.91 Å². The van der Waals surface area contributed by atoms with E-state index in [0.29, 0.717) is 40.6 Å². The standard InChI is InChI=1S/C27H27ClN4O3S/c1-18-9-14-23(35-3)22(17-18)29-26(33)24(19-7-5-4-6-8-19)36-27-31-30-25(32(27)15-16-34-2)20-10-12-21(28)13-11-20/h4-14,17,24H,15-16H2,1-3H3,(H,29,33)/t24-/m1/s1. The predicted octanol–water partition coefficient (Wildman–Crippen LogP) is 6.03. The number of hydrogen-bond acceptors (Lipinski definition) is 6. The van der Waals surface area contributed by atoms with E-state index in [1.54, 1.807) is 14.2 Å². The third-order valence-electron chi connectivity index (χ3n) is 5.51. The van der Waals surface area contributed by atoms with E-state index in [2.05, 4.69) is 15.5 Å². The number of carbonyl (C=O) groups excluding carboxylic acids is 1. The van der Waals surface area contributed by atoms with Crippen molar-refractivity contribution in [3.63, 3.8) is 0 Å². The van der Waals surface area contributed by atoms with Crippen molar-refractivity contribution in [3.05, 3.63) is 88.9 Å². The summed E-state index contributed by atoms with van der Waals surface area (Å²) < 4.78 is 12.8. The number of halogens is 1. The summed E-state index contributed by atoms with van der Waals surface area (Å²) in [6, 6.07) is 22.7. The molecule has 7 nitrogen and oxygen atoms in total. The van der Waals surface area contributed by atoms with E-state index in [4.69, 9.17) is 21.1 Å². The Balaban J connectivity index is 1.70. The number of nitrogens with zero attached hydrogens (tertiary/aromatic N) is 3. The highest BCUT2D eigenvalue weighted by Gasteiger charge is 2.27. The number of carbonyl (C=O) groups is 1. The Morgan fingerprint density at radius 1 is 1.06 bits per heavy atom. The van der Waals surface area contributed by atoms with Gasteiger partial charge in [-0.1, -0.05) is 59.8 Å². The summed E-state index contributed by atoms with van der Waals surface area (Å²) in [6.45, 7) is 2.96. The molecule has 3 aromatic carbocycles. The summed E-state index contributed by atoms with van der Waals surface area (Å²) in [5.74, 6) is 1.09. The molecule has 0 fully saturated rings. The minimum absolute atomic E-state index is 0.190. The van der Waals surface area contributed by atoms with Crippen LogP contribution >= 0.6 is 23.4 Å². The van der Waals surface area contributed by atoms with Crippen molar-refractivity contribution in [1.29, 1.82) is 0 Å². The average molecular weight is 523 g/mol. The minimum atomic E-state index is -0.583. The molecular weight excluding hydrogens is 496 g/mol. The molecule has 36 heavy (non-hydrogen) atoms. The Morgan fingerprint density at radius 2 is 1.81 bits per heavy atom. The predicted molar refractivity (Wildman–Crippen MR) is 144 cm³/mol. The molecule has 1 aromatic heterocycles. The zero-order valence-electron chi connectivity index (χ0n) is 20.3. The molecule has 0 aliphatic rings. The Kier molecular flexibility index (Phi) is 8.64. The third-order valence-corrected chi connectivity index (χ3v) is 7.00. The van der Waals surface area contributed by atoms with Gasteiger partial charge in [-0.05, 0) is 54.4 Å². The Hall–Kier alpha value is -3.33. The van der Waals surface area contributed by atoms with Crippen molar-refractivity contribution in [1.82, 2.24) is 14.8 Å². The Morgan fingerprint density at radius 3 is 2.50 bits per heavy atom. The summed E-state index contributed by atoms with van der Waals surface area (Å²) in [5, 5.41) is 12.6. The normalized spacial score (nSPS) is 11.8. The molecule has 0 bridgehead atoms. The highest BCUT2D eigenvalue weighted by Crippen LogP contribution is 2.38. The van der Waals surface area contributed by atoms with Gasteiger partial charge in [-0.2, -0.15) is 0 Å². The molecule has 0 aliphatic carbocycles. The van der Waals surface area contributed by atoms with Crippen molar-refractivity contribution in [2.24, 2.45) is 0 Å². The van der Waals surface area contributed by atoms with Crippen LogP contribution in [0.5, 0.6) is 5.75 Å². The van der Waals surface area contributed by atoms with Crippen molar-refractivity contribution >= 4 is 35.0 Å². The number of benzene rings is 3. The fraction of sp³-hybridized carbons (Fsp3) is 0.222. The number of hydrogen-bond donors (Lipinski definition) is 1. The average Bonchev–Trinajstić information content (AvgIpc) is 3.29. The van der Waals surface area contributed by atoms with Crippen LogP contribution in [0.4, 0.5) is 5.69 Å². The third kappa shape index (κ3) is 6.07. The smallest absolute Gasteiger partial charge is 0.242 e. The van der Waals surface area contributed by atoms with Gasteiger partial charge in [-0.15, -0.1) is 10.2 Å². The fourth-order valence-corrected chi connectivity index (χ4v) is 4.89. The molecule has 1 atom stereocenters. The number of aromatic nitrogens is 3. The maximum Gasteiger partial charge on any atom is 0.242 e. The molecule has 0 unspecified atom stereocenters. The van der Waals surface area contributed by atoms with E-state index < -0.39 is 5.25 Å². The van der Waals surface area contributed by atoms with Gasteiger partial charge >= 0.3 is 0 Å². The van der Waals surface area contributed by atoms with Crippen LogP contribution in [0, 0.1) is 6.92 Å². The summed E-state index contributed by atoms with van der Waals surface area (Å²) >= 11 is 7.41. The summed E-state index contributed by atoms with van der Waals surface area (Å²) in [5.41, 5.74) is 3.36. The van der Waals surface area contributed by atoms with E-state index in [1.165, 1.54) is 11.8 Å². The van der Waals surface area contributed by atoms with Crippen molar-refractivity contribution < 1.29 is 14.3 Å². The lowest BCUT2D eigenvalue weighted by atomic mass is 10.1. The number of aryl methyl sites for hydroxylation is 1. The van der Waals surface area contributed by atoms with Crippen LogP contribution in [0.3, 0.4) is 0 Å². The summed E-state index contributed by atoms with van der Waals surface area (Å²) in [4.78, 5) is 13.7. The molecule has 1 heterocycles.